The van der Waals surface area contributed by atoms with Crippen molar-refractivity contribution in [3.8, 4) is 11.4 Å². The summed E-state index contributed by atoms with van der Waals surface area (Å²) < 4.78 is 14.0. The Bertz CT molecular complexity index is 1420. The first-order valence-electron chi connectivity index (χ1n) is 11.2. The van der Waals surface area contributed by atoms with Crippen molar-refractivity contribution in [3.63, 3.8) is 0 Å². The van der Waals surface area contributed by atoms with Gasteiger partial charge in [0.25, 0.3) is 5.56 Å². The fourth-order valence-corrected chi connectivity index (χ4v) is 5.38. The molecule has 178 valence electrons. The average molecular weight is 525 g/mol. The lowest BCUT2D eigenvalue weighted by molar-refractivity contribution is 0.397. The molecule has 1 aliphatic heterocycles. The first-order valence-corrected chi connectivity index (χ1v) is 12.9. The fourth-order valence-electron chi connectivity index (χ4n) is 4.06. The van der Waals surface area contributed by atoms with Crippen LogP contribution in [0.3, 0.4) is 0 Å². The molecule has 3 aromatic carbocycles. The second-order valence-electron chi connectivity index (χ2n) is 8.28. The number of hydrogen-bond donors (Lipinski definition) is 1. The van der Waals surface area contributed by atoms with Crippen molar-refractivity contribution in [2.75, 3.05) is 31.1 Å². The quantitative estimate of drug-likeness (QED) is 0.344. The van der Waals surface area contributed by atoms with Gasteiger partial charge >= 0.3 is 0 Å². The van der Waals surface area contributed by atoms with Gasteiger partial charge in [-0.2, -0.15) is 0 Å². The highest BCUT2D eigenvalue weighted by Crippen LogP contribution is 2.23. The van der Waals surface area contributed by atoms with Crippen molar-refractivity contribution in [1.82, 2.24) is 14.9 Å². The lowest BCUT2D eigenvalue weighted by Crippen LogP contribution is -2.47. The topological polar surface area (TPSA) is 52.2 Å². The molecule has 0 bridgehead atoms. The third-order valence-corrected chi connectivity index (χ3v) is 7.83. The van der Waals surface area contributed by atoms with E-state index >= 15 is 0 Å². The standard InChI is InChI=1S/C26H22ClFN4OS2/c27-19-4-2-18(3-5-19)24-29-23-10-1-17(15-22(23)25(33)30-24)16-35-26(34)32-13-11-31(12-14-32)21-8-6-20(28)7-9-21/h1-10,15H,11-14,16H2,(H,29,30,33). The van der Waals surface area contributed by atoms with E-state index in [1.54, 1.807) is 23.9 Å². The molecule has 0 spiro atoms. The minimum absolute atomic E-state index is 0.175. The van der Waals surface area contributed by atoms with Crippen molar-refractivity contribution < 1.29 is 4.39 Å². The Morgan fingerprint density at radius 3 is 2.46 bits per heavy atom. The summed E-state index contributed by atoms with van der Waals surface area (Å²) in [4.78, 5) is 24.7. The number of thioether (sulfide) groups is 1. The highest BCUT2D eigenvalue weighted by molar-refractivity contribution is 8.22. The number of aromatic amines is 1. The summed E-state index contributed by atoms with van der Waals surface area (Å²) in [7, 11) is 0. The van der Waals surface area contributed by atoms with E-state index in [0.717, 1.165) is 47.3 Å². The van der Waals surface area contributed by atoms with E-state index < -0.39 is 0 Å². The van der Waals surface area contributed by atoms with Crippen LogP contribution in [-0.2, 0) is 5.75 Å². The Labute approximate surface area is 216 Å². The van der Waals surface area contributed by atoms with Crippen molar-refractivity contribution in [2.24, 2.45) is 0 Å². The lowest BCUT2D eigenvalue weighted by Gasteiger charge is -2.37. The maximum Gasteiger partial charge on any atom is 0.259 e. The maximum absolute atomic E-state index is 13.2. The van der Waals surface area contributed by atoms with E-state index in [4.69, 9.17) is 23.8 Å². The van der Waals surface area contributed by atoms with Gasteiger partial charge in [-0.15, -0.1) is 0 Å². The van der Waals surface area contributed by atoms with Crippen LogP contribution >= 0.6 is 35.6 Å². The van der Waals surface area contributed by atoms with Gasteiger partial charge in [-0.05, 0) is 66.2 Å². The molecule has 0 aliphatic carbocycles. The van der Waals surface area contributed by atoms with Crippen LogP contribution in [-0.4, -0.2) is 45.4 Å². The minimum Gasteiger partial charge on any atom is -0.368 e. The molecule has 4 aromatic rings. The first kappa shape index (κ1) is 23.8. The number of nitrogens with zero attached hydrogens (tertiary/aromatic N) is 3. The molecular weight excluding hydrogens is 503 g/mol. The van der Waals surface area contributed by atoms with Gasteiger partial charge in [-0.3, -0.25) is 4.79 Å². The number of rotatable bonds is 4. The molecule has 1 N–H and O–H groups in total. The molecule has 0 unspecified atom stereocenters. The maximum atomic E-state index is 13.2. The Morgan fingerprint density at radius 1 is 1.03 bits per heavy atom. The fraction of sp³-hybridized carbons (Fsp3) is 0.192. The third kappa shape index (κ3) is 5.50. The predicted octanol–water partition coefficient (Wildman–Crippen LogP) is 5.72. The van der Waals surface area contributed by atoms with Crippen LogP contribution in [0.15, 0.2) is 71.5 Å². The second-order valence-corrected chi connectivity index (χ2v) is 10.3. The van der Waals surface area contributed by atoms with Crippen LogP contribution in [0.1, 0.15) is 5.56 Å². The smallest absolute Gasteiger partial charge is 0.259 e. The summed E-state index contributed by atoms with van der Waals surface area (Å²) in [6.45, 7) is 3.30. The molecular formula is C26H22ClFN4OS2. The molecule has 1 saturated heterocycles. The van der Waals surface area contributed by atoms with E-state index in [0.29, 0.717) is 27.5 Å². The summed E-state index contributed by atoms with van der Waals surface area (Å²) in [6, 6.07) is 19.6. The third-order valence-electron chi connectivity index (χ3n) is 5.98. The van der Waals surface area contributed by atoms with Crippen LogP contribution in [0, 0.1) is 5.82 Å². The van der Waals surface area contributed by atoms with Crippen LogP contribution in [0.2, 0.25) is 5.02 Å². The monoisotopic (exact) mass is 524 g/mol. The number of aromatic nitrogens is 2. The number of H-pyrrole nitrogens is 1. The zero-order chi connectivity index (χ0) is 24.4. The largest absolute Gasteiger partial charge is 0.368 e. The summed E-state index contributed by atoms with van der Waals surface area (Å²) in [5.74, 6) is 0.964. The number of benzene rings is 3. The highest BCUT2D eigenvalue weighted by atomic mass is 35.5. The SMILES string of the molecule is O=c1[nH]c(-c2ccc(Cl)cc2)nc2ccc(CSC(=S)N3CCN(c4ccc(F)cc4)CC3)cc12. The molecule has 1 aromatic heterocycles. The molecule has 5 rings (SSSR count). The highest BCUT2D eigenvalue weighted by Gasteiger charge is 2.19. The molecule has 0 saturated carbocycles. The summed E-state index contributed by atoms with van der Waals surface area (Å²) in [5, 5.41) is 1.19. The number of fused-ring (bicyclic) bond motifs is 1. The van der Waals surface area contributed by atoms with Gasteiger partial charge in [0, 0.05) is 48.2 Å². The Hall–Kier alpha value is -2.94. The molecule has 0 atom stereocenters. The molecule has 5 nitrogen and oxygen atoms in total. The second kappa shape index (κ2) is 10.4. The van der Waals surface area contributed by atoms with Gasteiger partial charge in [-0.25, -0.2) is 9.37 Å². The van der Waals surface area contributed by atoms with Crippen molar-refractivity contribution in [3.05, 3.63) is 93.5 Å². The zero-order valence-electron chi connectivity index (χ0n) is 18.7. The average Bonchev–Trinajstić information content (AvgIpc) is 2.88. The minimum atomic E-state index is -0.224. The predicted molar refractivity (Wildman–Crippen MR) is 147 cm³/mol. The molecule has 2 heterocycles. The van der Waals surface area contributed by atoms with Gasteiger partial charge < -0.3 is 14.8 Å². The Kier molecular flexibility index (Phi) is 7.04. The van der Waals surface area contributed by atoms with E-state index in [1.165, 1.54) is 12.1 Å². The Balaban J connectivity index is 1.21. The molecule has 35 heavy (non-hydrogen) atoms. The number of nitrogens with one attached hydrogen (secondary N) is 1. The number of piperazine rings is 1. The lowest BCUT2D eigenvalue weighted by atomic mass is 10.1. The van der Waals surface area contributed by atoms with Gasteiger partial charge in [-0.1, -0.05) is 41.6 Å². The number of thiocarbonyl (C=S) groups is 1. The zero-order valence-corrected chi connectivity index (χ0v) is 21.1. The molecule has 0 radical (unpaired) electrons. The Morgan fingerprint density at radius 2 is 1.74 bits per heavy atom. The van der Waals surface area contributed by atoms with Crippen molar-refractivity contribution in [1.29, 1.82) is 0 Å². The molecule has 1 fully saturated rings. The van der Waals surface area contributed by atoms with E-state index in [-0.39, 0.29) is 11.4 Å². The van der Waals surface area contributed by atoms with Gasteiger partial charge in [0.1, 0.15) is 16.0 Å². The van der Waals surface area contributed by atoms with Gasteiger partial charge in [0.05, 0.1) is 10.9 Å². The summed E-state index contributed by atoms with van der Waals surface area (Å²) >= 11 is 13.2. The van der Waals surface area contributed by atoms with Gasteiger partial charge in [0.2, 0.25) is 0 Å². The van der Waals surface area contributed by atoms with Gasteiger partial charge in [0.15, 0.2) is 0 Å². The number of anilines is 1. The summed E-state index contributed by atoms with van der Waals surface area (Å²) in [5.41, 5.74) is 3.32. The molecule has 1 aliphatic rings. The molecule has 0 amide bonds. The number of hydrogen-bond acceptors (Lipinski definition) is 5. The normalized spacial score (nSPS) is 13.9. The van der Waals surface area contributed by atoms with Crippen LogP contribution in [0.4, 0.5) is 10.1 Å². The van der Waals surface area contributed by atoms with E-state index in [9.17, 15) is 9.18 Å². The van der Waals surface area contributed by atoms with Crippen LogP contribution in [0.5, 0.6) is 0 Å². The van der Waals surface area contributed by atoms with Crippen molar-refractivity contribution in [2.45, 2.75) is 5.75 Å². The number of halogens is 2. The van der Waals surface area contributed by atoms with E-state index in [1.807, 2.05) is 42.5 Å². The summed E-state index contributed by atoms with van der Waals surface area (Å²) in [6.07, 6.45) is 0. The van der Waals surface area contributed by atoms with Crippen LogP contribution < -0.4 is 10.5 Å². The van der Waals surface area contributed by atoms with E-state index in [2.05, 4.69) is 19.8 Å². The molecule has 9 heteroatoms. The first-order chi connectivity index (χ1) is 17.0. The van der Waals surface area contributed by atoms with Crippen LogP contribution in [0.25, 0.3) is 22.3 Å². The van der Waals surface area contributed by atoms with Crippen molar-refractivity contribution >= 4 is 56.5 Å².